The Balaban J connectivity index is 2.76. The van der Waals surface area contributed by atoms with Gasteiger partial charge in [-0.05, 0) is 18.6 Å². The maximum absolute atomic E-state index is 12.0. The van der Waals surface area contributed by atoms with Crippen LogP contribution in [0, 0.1) is 12.3 Å². The largest absolute Gasteiger partial charge is 0.493 e. The summed E-state index contributed by atoms with van der Waals surface area (Å²) in [7, 11) is 3.04. The number of hydrogen-bond acceptors (Lipinski definition) is 3. The van der Waals surface area contributed by atoms with E-state index in [2.05, 4.69) is 11.2 Å². The third kappa shape index (κ3) is 3.42. The van der Waals surface area contributed by atoms with E-state index in [0.29, 0.717) is 30.0 Å². The van der Waals surface area contributed by atoms with Crippen molar-refractivity contribution in [1.29, 1.82) is 0 Å². The molecule has 0 saturated heterocycles. The van der Waals surface area contributed by atoms with E-state index in [1.54, 1.807) is 18.2 Å². The quantitative estimate of drug-likeness (QED) is 0.616. The second-order valence-corrected chi connectivity index (χ2v) is 3.60. The van der Waals surface area contributed by atoms with Crippen molar-refractivity contribution in [2.75, 3.05) is 20.8 Å². The summed E-state index contributed by atoms with van der Waals surface area (Å²) in [5, 5.41) is 2.79. The van der Waals surface area contributed by atoms with Crippen LogP contribution in [0.2, 0.25) is 0 Å². The van der Waals surface area contributed by atoms with Crippen molar-refractivity contribution in [3.8, 4) is 23.8 Å². The second kappa shape index (κ2) is 7.23. The summed E-state index contributed by atoms with van der Waals surface area (Å²) < 4.78 is 10.3. The van der Waals surface area contributed by atoms with E-state index < -0.39 is 0 Å². The normalized spacial score (nSPS) is 9.39. The molecule has 1 rings (SSSR count). The fourth-order valence-electron chi connectivity index (χ4n) is 1.55. The number of para-hydroxylation sites is 1. The number of unbranched alkanes of at least 4 members (excludes halogenated alkanes) is 1. The maximum Gasteiger partial charge on any atom is 0.255 e. The lowest BCUT2D eigenvalue weighted by Gasteiger charge is -2.12. The van der Waals surface area contributed by atoms with Crippen LogP contribution in [-0.4, -0.2) is 26.7 Å². The molecule has 0 spiro atoms. The molecule has 4 nitrogen and oxygen atoms in total. The zero-order chi connectivity index (χ0) is 13.4. The third-order valence-electron chi connectivity index (χ3n) is 2.43. The maximum atomic E-state index is 12.0. The Labute approximate surface area is 107 Å². The topological polar surface area (TPSA) is 47.6 Å². The zero-order valence-corrected chi connectivity index (χ0v) is 10.7. The molecule has 0 aliphatic carbocycles. The highest BCUT2D eigenvalue weighted by Gasteiger charge is 2.15. The van der Waals surface area contributed by atoms with Crippen LogP contribution in [0.1, 0.15) is 23.2 Å². The van der Waals surface area contributed by atoms with Crippen LogP contribution in [-0.2, 0) is 0 Å². The number of nitrogens with one attached hydrogen (secondary N) is 1. The van der Waals surface area contributed by atoms with E-state index >= 15 is 0 Å². The minimum Gasteiger partial charge on any atom is -0.493 e. The molecule has 4 heteroatoms. The summed E-state index contributed by atoms with van der Waals surface area (Å²) in [4.78, 5) is 12.0. The van der Waals surface area contributed by atoms with Gasteiger partial charge in [0.1, 0.15) is 0 Å². The van der Waals surface area contributed by atoms with Gasteiger partial charge in [0.2, 0.25) is 0 Å². The Hall–Kier alpha value is -2.15. The summed E-state index contributed by atoms with van der Waals surface area (Å²) in [5.74, 6) is 3.31. The molecular weight excluding hydrogens is 230 g/mol. The van der Waals surface area contributed by atoms with Gasteiger partial charge in [-0.1, -0.05) is 6.07 Å². The van der Waals surface area contributed by atoms with Gasteiger partial charge in [0, 0.05) is 13.0 Å². The lowest BCUT2D eigenvalue weighted by atomic mass is 10.1. The number of carbonyl (C=O) groups excluding carboxylic acids is 1. The highest BCUT2D eigenvalue weighted by Crippen LogP contribution is 2.30. The Morgan fingerprint density at radius 2 is 2.17 bits per heavy atom. The summed E-state index contributed by atoms with van der Waals surface area (Å²) in [6, 6.07) is 5.18. The van der Waals surface area contributed by atoms with Crippen LogP contribution in [0.15, 0.2) is 18.2 Å². The summed E-state index contributed by atoms with van der Waals surface area (Å²) >= 11 is 0. The van der Waals surface area contributed by atoms with E-state index in [1.807, 2.05) is 0 Å². The molecule has 0 atom stereocenters. The molecule has 0 aliphatic rings. The van der Waals surface area contributed by atoms with Gasteiger partial charge in [0.15, 0.2) is 11.5 Å². The van der Waals surface area contributed by atoms with Crippen LogP contribution in [0.5, 0.6) is 11.5 Å². The number of rotatable bonds is 6. The highest BCUT2D eigenvalue weighted by atomic mass is 16.5. The molecule has 0 aliphatic heterocycles. The van der Waals surface area contributed by atoms with Gasteiger partial charge >= 0.3 is 0 Å². The molecule has 1 aromatic rings. The van der Waals surface area contributed by atoms with E-state index in [4.69, 9.17) is 15.9 Å². The lowest BCUT2D eigenvalue weighted by Crippen LogP contribution is -2.24. The molecule has 1 aromatic carbocycles. The van der Waals surface area contributed by atoms with E-state index in [-0.39, 0.29) is 5.91 Å². The van der Waals surface area contributed by atoms with Crippen molar-refractivity contribution in [2.45, 2.75) is 12.8 Å². The van der Waals surface area contributed by atoms with Crippen molar-refractivity contribution in [1.82, 2.24) is 5.32 Å². The molecule has 0 unspecified atom stereocenters. The highest BCUT2D eigenvalue weighted by molar-refractivity contribution is 5.97. The van der Waals surface area contributed by atoms with Crippen molar-refractivity contribution >= 4 is 5.91 Å². The van der Waals surface area contributed by atoms with Gasteiger partial charge in [-0.15, -0.1) is 12.3 Å². The predicted molar refractivity (Wildman–Crippen MR) is 69.9 cm³/mol. The fourth-order valence-corrected chi connectivity index (χ4v) is 1.55. The molecule has 0 bridgehead atoms. The number of methoxy groups -OCH3 is 2. The number of benzene rings is 1. The van der Waals surface area contributed by atoms with Crippen LogP contribution < -0.4 is 14.8 Å². The van der Waals surface area contributed by atoms with E-state index in [0.717, 1.165) is 6.42 Å². The second-order valence-electron chi connectivity index (χ2n) is 3.60. The van der Waals surface area contributed by atoms with Gasteiger partial charge in [0.05, 0.1) is 19.8 Å². The number of amides is 1. The average Bonchev–Trinajstić information content (AvgIpc) is 2.42. The molecule has 1 N–H and O–H groups in total. The van der Waals surface area contributed by atoms with Gasteiger partial charge in [-0.25, -0.2) is 0 Å². The van der Waals surface area contributed by atoms with Crippen LogP contribution in [0.25, 0.3) is 0 Å². The van der Waals surface area contributed by atoms with Gasteiger partial charge in [-0.3, -0.25) is 4.79 Å². The fraction of sp³-hybridized carbons (Fsp3) is 0.357. The zero-order valence-electron chi connectivity index (χ0n) is 10.7. The molecule has 0 radical (unpaired) electrons. The molecule has 0 saturated carbocycles. The minimum absolute atomic E-state index is 0.192. The summed E-state index contributed by atoms with van der Waals surface area (Å²) in [6.45, 7) is 0.545. The molecule has 0 fully saturated rings. The first-order valence-corrected chi connectivity index (χ1v) is 5.67. The summed E-state index contributed by atoms with van der Waals surface area (Å²) in [5.41, 5.74) is 0.456. The Morgan fingerprint density at radius 3 is 2.78 bits per heavy atom. The number of terminal acetylenes is 1. The molecule has 0 aromatic heterocycles. The average molecular weight is 247 g/mol. The number of hydrogen-bond donors (Lipinski definition) is 1. The smallest absolute Gasteiger partial charge is 0.255 e. The first-order chi connectivity index (χ1) is 8.74. The lowest BCUT2D eigenvalue weighted by molar-refractivity contribution is 0.0949. The SMILES string of the molecule is C#CCCCNC(=O)c1cccc(OC)c1OC. The molecule has 1 amide bonds. The van der Waals surface area contributed by atoms with Gasteiger partial charge < -0.3 is 14.8 Å². The predicted octanol–water partition coefficient (Wildman–Crippen LogP) is 1.85. The summed E-state index contributed by atoms with van der Waals surface area (Å²) in [6.07, 6.45) is 6.55. The molecule has 0 heterocycles. The van der Waals surface area contributed by atoms with Gasteiger partial charge in [-0.2, -0.15) is 0 Å². The van der Waals surface area contributed by atoms with Crippen molar-refractivity contribution in [3.63, 3.8) is 0 Å². The Kier molecular flexibility index (Phi) is 5.59. The van der Waals surface area contributed by atoms with Crippen LogP contribution in [0.4, 0.5) is 0 Å². The van der Waals surface area contributed by atoms with Gasteiger partial charge in [0.25, 0.3) is 5.91 Å². The monoisotopic (exact) mass is 247 g/mol. The Morgan fingerprint density at radius 1 is 1.39 bits per heavy atom. The van der Waals surface area contributed by atoms with E-state index in [9.17, 15) is 4.79 Å². The van der Waals surface area contributed by atoms with E-state index in [1.165, 1.54) is 14.2 Å². The van der Waals surface area contributed by atoms with Crippen LogP contribution in [0.3, 0.4) is 0 Å². The van der Waals surface area contributed by atoms with Crippen molar-refractivity contribution in [3.05, 3.63) is 23.8 Å². The number of ether oxygens (including phenoxy) is 2. The van der Waals surface area contributed by atoms with Crippen LogP contribution >= 0.6 is 0 Å². The molecular formula is C14H17NO3. The Bertz CT molecular complexity index is 449. The molecule has 18 heavy (non-hydrogen) atoms. The number of carbonyl (C=O) groups is 1. The first-order valence-electron chi connectivity index (χ1n) is 5.67. The molecule has 96 valence electrons. The first kappa shape index (κ1) is 13.9. The van der Waals surface area contributed by atoms with Crippen molar-refractivity contribution < 1.29 is 14.3 Å². The standard InChI is InChI=1S/C14H17NO3/c1-4-5-6-10-15-14(16)11-8-7-9-12(17-2)13(11)18-3/h1,7-9H,5-6,10H2,2-3H3,(H,15,16). The minimum atomic E-state index is -0.192. The third-order valence-corrected chi connectivity index (χ3v) is 2.43. The van der Waals surface area contributed by atoms with Crippen molar-refractivity contribution in [2.24, 2.45) is 0 Å².